The number of para-hydroxylation sites is 1. The molecule has 1 aromatic heterocycles. The van der Waals surface area contributed by atoms with E-state index in [0.29, 0.717) is 58.8 Å². The first kappa shape index (κ1) is 26.6. The Kier molecular flexibility index (Phi) is 7.58. The van der Waals surface area contributed by atoms with Gasteiger partial charge in [0, 0.05) is 30.6 Å². The Balaban J connectivity index is 1.11. The standard InChI is InChI=1S/C30H32Cl2FN3O3/c1-2-38-29(37)11-9-19-8-10-21(13-26(19)33)35-16-20-12-22(35)14-28(20)39-17-27-23(18-6-7-18)15-34-36(27)30-24(31)4-3-5-25(30)32/h3-5,8,10,13,15,18,20,22,28H,2,6-7,9,11-12,14,16-17H2,1H3/t20-,22-,28+/m0/s1. The number of aromatic nitrogens is 2. The number of nitrogens with zero attached hydrogens (tertiary/aromatic N) is 3. The average Bonchev–Trinajstić information content (AvgIpc) is 3.36. The minimum absolute atomic E-state index is 0.136. The van der Waals surface area contributed by atoms with Crippen molar-refractivity contribution in [1.29, 1.82) is 0 Å². The molecule has 6 rings (SSSR count). The van der Waals surface area contributed by atoms with Gasteiger partial charge < -0.3 is 14.4 Å². The molecular weight excluding hydrogens is 540 g/mol. The van der Waals surface area contributed by atoms with Gasteiger partial charge in [0.2, 0.25) is 0 Å². The van der Waals surface area contributed by atoms with E-state index in [2.05, 4.69) is 10.00 Å². The first-order valence-corrected chi connectivity index (χ1v) is 14.5. The van der Waals surface area contributed by atoms with E-state index in [1.54, 1.807) is 19.1 Å². The minimum atomic E-state index is -0.300. The predicted octanol–water partition coefficient (Wildman–Crippen LogP) is 6.88. The van der Waals surface area contributed by atoms with Gasteiger partial charge in [0.05, 0.1) is 41.3 Å². The fourth-order valence-electron chi connectivity index (χ4n) is 6.15. The zero-order chi connectivity index (χ0) is 27.1. The maximum Gasteiger partial charge on any atom is 0.306 e. The summed E-state index contributed by atoms with van der Waals surface area (Å²) in [6.45, 7) is 3.39. The van der Waals surface area contributed by atoms with Crippen LogP contribution < -0.4 is 4.90 Å². The van der Waals surface area contributed by atoms with Gasteiger partial charge in [-0.1, -0.05) is 35.3 Å². The summed E-state index contributed by atoms with van der Waals surface area (Å²) in [6.07, 6.45) is 6.85. The van der Waals surface area contributed by atoms with Crippen molar-refractivity contribution in [1.82, 2.24) is 9.78 Å². The van der Waals surface area contributed by atoms with Gasteiger partial charge >= 0.3 is 5.97 Å². The highest BCUT2D eigenvalue weighted by molar-refractivity contribution is 6.37. The van der Waals surface area contributed by atoms with Crippen LogP contribution in [0.5, 0.6) is 0 Å². The van der Waals surface area contributed by atoms with Crippen LogP contribution in [-0.4, -0.2) is 41.0 Å². The molecule has 1 saturated heterocycles. The molecule has 0 spiro atoms. The first-order chi connectivity index (χ1) is 18.9. The summed E-state index contributed by atoms with van der Waals surface area (Å²) < 4.78 is 28.2. The Bertz CT molecular complexity index is 1360. The number of carbonyl (C=O) groups is 1. The highest BCUT2D eigenvalue weighted by Crippen LogP contribution is 2.45. The maximum atomic E-state index is 14.8. The zero-order valence-electron chi connectivity index (χ0n) is 21.9. The molecule has 2 aromatic carbocycles. The number of ether oxygens (including phenoxy) is 2. The number of rotatable bonds is 10. The van der Waals surface area contributed by atoms with Crippen LogP contribution in [0.2, 0.25) is 10.0 Å². The summed E-state index contributed by atoms with van der Waals surface area (Å²) in [5.41, 5.74) is 4.36. The number of benzene rings is 2. The van der Waals surface area contributed by atoms with Crippen molar-refractivity contribution in [3.63, 3.8) is 0 Å². The van der Waals surface area contributed by atoms with E-state index in [0.717, 1.165) is 43.6 Å². The summed E-state index contributed by atoms with van der Waals surface area (Å²) in [4.78, 5) is 13.9. The van der Waals surface area contributed by atoms with Crippen LogP contribution in [0.1, 0.15) is 61.8 Å². The van der Waals surface area contributed by atoms with Crippen molar-refractivity contribution in [2.24, 2.45) is 5.92 Å². The van der Waals surface area contributed by atoms with Crippen LogP contribution in [0.4, 0.5) is 10.1 Å². The Labute approximate surface area is 238 Å². The fourth-order valence-corrected chi connectivity index (χ4v) is 6.71. The summed E-state index contributed by atoms with van der Waals surface area (Å²) in [5.74, 6) is 0.327. The maximum absolute atomic E-state index is 14.8. The number of halogens is 3. The minimum Gasteiger partial charge on any atom is -0.466 e. The number of carbonyl (C=O) groups excluding carboxylic acids is 1. The number of hydrogen-bond donors (Lipinski definition) is 0. The van der Waals surface area contributed by atoms with Crippen molar-refractivity contribution < 1.29 is 18.7 Å². The van der Waals surface area contributed by atoms with E-state index >= 15 is 0 Å². The van der Waals surface area contributed by atoms with E-state index < -0.39 is 0 Å². The number of aryl methyl sites for hydroxylation is 1. The van der Waals surface area contributed by atoms with Crippen LogP contribution in [0.25, 0.3) is 5.69 Å². The number of piperidine rings is 1. The highest BCUT2D eigenvalue weighted by Gasteiger charge is 2.45. The molecule has 9 heteroatoms. The van der Waals surface area contributed by atoms with Gasteiger partial charge in [-0.3, -0.25) is 4.79 Å². The topological polar surface area (TPSA) is 56.6 Å². The van der Waals surface area contributed by atoms with E-state index in [-0.39, 0.29) is 24.3 Å². The number of anilines is 1. The molecule has 39 heavy (non-hydrogen) atoms. The van der Waals surface area contributed by atoms with Crippen LogP contribution >= 0.6 is 23.2 Å². The van der Waals surface area contributed by atoms with Crippen LogP contribution in [-0.2, 0) is 27.3 Å². The fraction of sp³-hybridized carbons (Fsp3) is 0.467. The predicted molar refractivity (Wildman–Crippen MR) is 149 cm³/mol. The highest BCUT2D eigenvalue weighted by atomic mass is 35.5. The SMILES string of the molecule is CCOC(=O)CCc1ccc(N2C[C@@H]3C[C@H]2C[C@H]3OCc2c(C3CC3)cnn2-c2c(Cl)cccc2Cl)cc1F. The lowest BCUT2D eigenvalue weighted by atomic mass is 10.0. The molecule has 2 saturated carbocycles. The van der Waals surface area contributed by atoms with Crippen molar-refractivity contribution in [3.05, 3.63) is 75.3 Å². The van der Waals surface area contributed by atoms with Gasteiger partial charge in [-0.2, -0.15) is 5.10 Å². The Morgan fingerprint density at radius 1 is 1.15 bits per heavy atom. The molecule has 0 radical (unpaired) electrons. The smallest absolute Gasteiger partial charge is 0.306 e. The molecule has 0 amide bonds. The molecule has 3 atom stereocenters. The van der Waals surface area contributed by atoms with Gasteiger partial charge in [0.1, 0.15) is 11.5 Å². The van der Waals surface area contributed by atoms with Crippen molar-refractivity contribution in [3.8, 4) is 5.69 Å². The Morgan fingerprint density at radius 2 is 1.95 bits per heavy atom. The van der Waals surface area contributed by atoms with E-state index in [4.69, 9.17) is 32.7 Å². The Morgan fingerprint density at radius 3 is 2.62 bits per heavy atom. The molecular formula is C30H32Cl2FN3O3. The molecule has 0 N–H and O–H groups in total. The summed E-state index contributed by atoms with van der Waals surface area (Å²) in [7, 11) is 0. The molecule has 3 fully saturated rings. The monoisotopic (exact) mass is 571 g/mol. The normalized spacial score (nSPS) is 22.1. The molecule has 2 bridgehead atoms. The largest absolute Gasteiger partial charge is 0.466 e. The van der Waals surface area contributed by atoms with Crippen molar-refractivity contribution in [2.45, 2.75) is 70.1 Å². The van der Waals surface area contributed by atoms with Gasteiger partial charge in [-0.15, -0.1) is 0 Å². The number of esters is 1. The molecule has 3 aliphatic rings. The molecule has 1 aliphatic heterocycles. The molecule has 206 valence electrons. The molecule has 6 nitrogen and oxygen atoms in total. The third-order valence-corrected chi connectivity index (χ3v) is 8.86. The molecule has 2 aliphatic carbocycles. The summed E-state index contributed by atoms with van der Waals surface area (Å²) >= 11 is 13.0. The molecule has 0 unspecified atom stereocenters. The van der Waals surface area contributed by atoms with E-state index in [1.165, 1.54) is 5.56 Å². The lowest BCUT2D eigenvalue weighted by Crippen LogP contribution is -2.38. The second kappa shape index (κ2) is 11.1. The van der Waals surface area contributed by atoms with E-state index in [9.17, 15) is 9.18 Å². The zero-order valence-corrected chi connectivity index (χ0v) is 23.4. The quantitative estimate of drug-likeness (QED) is 0.248. The summed E-state index contributed by atoms with van der Waals surface area (Å²) in [6, 6.07) is 11.2. The third-order valence-electron chi connectivity index (χ3n) is 8.25. The molecule has 2 heterocycles. The van der Waals surface area contributed by atoms with Gasteiger partial charge in [-0.25, -0.2) is 9.07 Å². The Hall–Kier alpha value is -2.61. The molecule has 3 aromatic rings. The first-order valence-electron chi connectivity index (χ1n) is 13.8. The van der Waals surface area contributed by atoms with Crippen molar-refractivity contribution >= 4 is 34.9 Å². The van der Waals surface area contributed by atoms with E-state index in [1.807, 2.05) is 35.1 Å². The summed E-state index contributed by atoms with van der Waals surface area (Å²) in [5, 5.41) is 5.78. The number of fused-ring (bicyclic) bond motifs is 2. The number of hydrogen-bond acceptors (Lipinski definition) is 5. The van der Waals surface area contributed by atoms with Crippen LogP contribution in [0.15, 0.2) is 42.6 Å². The second-order valence-corrected chi connectivity index (χ2v) is 11.6. The lowest BCUT2D eigenvalue weighted by Gasteiger charge is -2.33. The van der Waals surface area contributed by atoms with Gasteiger partial charge in [0.15, 0.2) is 0 Å². The van der Waals surface area contributed by atoms with Crippen LogP contribution in [0, 0.1) is 11.7 Å². The van der Waals surface area contributed by atoms with Gasteiger partial charge in [0.25, 0.3) is 0 Å². The van der Waals surface area contributed by atoms with Crippen molar-refractivity contribution in [2.75, 3.05) is 18.1 Å². The lowest BCUT2D eigenvalue weighted by molar-refractivity contribution is -0.143. The average molecular weight is 573 g/mol. The van der Waals surface area contributed by atoms with Gasteiger partial charge in [-0.05, 0) is 80.3 Å². The third kappa shape index (κ3) is 5.41. The van der Waals surface area contributed by atoms with Crippen LogP contribution in [0.3, 0.4) is 0 Å². The second-order valence-electron chi connectivity index (χ2n) is 10.8.